The van der Waals surface area contributed by atoms with Crippen molar-refractivity contribution >= 4 is 40.9 Å². The number of nitrogens with zero attached hydrogens (tertiary/aromatic N) is 2. The molecule has 3 rings (SSSR count). The van der Waals surface area contributed by atoms with Gasteiger partial charge >= 0.3 is 5.97 Å². The maximum Gasteiger partial charge on any atom is 0.325 e. The molecule has 0 bridgehead atoms. The van der Waals surface area contributed by atoms with E-state index in [4.69, 9.17) is 28.3 Å². The highest BCUT2D eigenvalue weighted by Gasteiger charge is 2.45. The van der Waals surface area contributed by atoms with Crippen molar-refractivity contribution in [2.24, 2.45) is 5.92 Å². The average molecular weight is 354 g/mol. The monoisotopic (exact) mass is 353 g/mol. The molecule has 1 heterocycles. The van der Waals surface area contributed by atoms with Crippen molar-refractivity contribution in [3.05, 3.63) is 46.1 Å². The molecular weight excluding hydrogens is 341 g/mol. The van der Waals surface area contributed by atoms with Crippen molar-refractivity contribution < 1.29 is 14.7 Å². The summed E-state index contributed by atoms with van der Waals surface area (Å²) >= 11 is 12.2. The van der Waals surface area contributed by atoms with Crippen LogP contribution >= 0.6 is 23.2 Å². The van der Waals surface area contributed by atoms with Gasteiger partial charge in [-0.2, -0.15) is 5.10 Å². The number of hydrogen-bond acceptors (Lipinski definition) is 3. The molecule has 0 saturated heterocycles. The highest BCUT2D eigenvalue weighted by atomic mass is 35.5. The molecule has 0 radical (unpaired) electrons. The Labute approximate surface area is 142 Å². The van der Waals surface area contributed by atoms with Gasteiger partial charge in [-0.15, -0.1) is 0 Å². The lowest BCUT2D eigenvalue weighted by atomic mass is 10.1. The van der Waals surface area contributed by atoms with Crippen molar-refractivity contribution in [3.63, 3.8) is 0 Å². The molecule has 1 aliphatic carbocycles. The first kappa shape index (κ1) is 15.8. The number of carboxylic acids is 1. The summed E-state index contributed by atoms with van der Waals surface area (Å²) in [6.45, 7) is -0.250. The molecule has 120 valence electrons. The molecule has 8 heteroatoms. The maximum absolute atomic E-state index is 12.2. The topological polar surface area (TPSA) is 84.2 Å². The van der Waals surface area contributed by atoms with Crippen molar-refractivity contribution in [1.82, 2.24) is 9.78 Å². The van der Waals surface area contributed by atoms with E-state index < -0.39 is 5.97 Å². The number of aromatic nitrogens is 2. The third kappa shape index (κ3) is 3.48. The van der Waals surface area contributed by atoms with Crippen molar-refractivity contribution in [2.75, 3.05) is 5.32 Å². The van der Waals surface area contributed by atoms with Gasteiger partial charge in [-0.05, 0) is 24.0 Å². The average Bonchev–Trinajstić information content (AvgIpc) is 3.17. The van der Waals surface area contributed by atoms with Gasteiger partial charge in [0.1, 0.15) is 6.54 Å². The van der Waals surface area contributed by atoms with E-state index in [2.05, 4.69) is 10.4 Å². The zero-order valence-corrected chi connectivity index (χ0v) is 13.4. The molecule has 2 aromatic rings. The van der Waals surface area contributed by atoms with Gasteiger partial charge in [-0.3, -0.25) is 14.3 Å². The molecule has 0 spiro atoms. The number of halogens is 2. The van der Waals surface area contributed by atoms with Crippen molar-refractivity contribution in [3.8, 4) is 0 Å². The van der Waals surface area contributed by atoms with E-state index in [1.54, 1.807) is 12.1 Å². The molecule has 2 N–H and O–H groups in total. The predicted octanol–water partition coefficient (Wildman–Crippen LogP) is 3.02. The maximum atomic E-state index is 12.2. The number of rotatable bonds is 5. The number of amides is 1. The molecule has 1 aromatic carbocycles. The molecule has 1 amide bonds. The second-order valence-corrected chi connectivity index (χ2v) is 6.16. The molecular formula is C15H13Cl2N3O3. The van der Waals surface area contributed by atoms with Gasteiger partial charge in [0, 0.05) is 18.2 Å². The van der Waals surface area contributed by atoms with Gasteiger partial charge in [-0.1, -0.05) is 35.3 Å². The lowest BCUT2D eigenvalue weighted by Crippen LogP contribution is -2.16. The molecule has 2 atom stereocenters. The van der Waals surface area contributed by atoms with Crippen molar-refractivity contribution in [1.29, 1.82) is 0 Å². The summed E-state index contributed by atoms with van der Waals surface area (Å²) in [4.78, 5) is 22.8. The fraction of sp³-hybridized carbons (Fsp3) is 0.267. The number of nitrogens with one attached hydrogen (secondary N) is 1. The Morgan fingerprint density at radius 1 is 1.35 bits per heavy atom. The fourth-order valence-corrected chi connectivity index (χ4v) is 2.96. The number of benzene rings is 1. The van der Waals surface area contributed by atoms with Crippen LogP contribution in [-0.2, 0) is 16.1 Å². The molecule has 6 nitrogen and oxygen atoms in total. The van der Waals surface area contributed by atoms with Crippen LogP contribution in [0.3, 0.4) is 0 Å². The highest BCUT2D eigenvalue weighted by molar-refractivity contribution is 6.42. The number of carbonyl (C=O) groups is 2. The summed E-state index contributed by atoms with van der Waals surface area (Å²) in [6.07, 6.45) is 2.20. The SMILES string of the molecule is O=C(O)Cn1ccc(NC(=O)[C@@H]2C[C@H]2c2cccc(Cl)c2Cl)n1. The summed E-state index contributed by atoms with van der Waals surface area (Å²) < 4.78 is 1.25. The number of aliphatic carboxylic acids is 1. The quantitative estimate of drug-likeness (QED) is 0.865. The van der Waals surface area contributed by atoms with E-state index in [0.29, 0.717) is 22.3 Å². The zero-order chi connectivity index (χ0) is 16.6. The molecule has 1 aromatic heterocycles. The number of anilines is 1. The Hall–Kier alpha value is -2.05. The summed E-state index contributed by atoms with van der Waals surface area (Å²) in [5.41, 5.74) is 0.871. The molecule has 23 heavy (non-hydrogen) atoms. The van der Waals surface area contributed by atoms with Gasteiger partial charge in [0.15, 0.2) is 5.82 Å². The highest BCUT2D eigenvalue weighted by Crippen LogP contribution is 2.51. The molecule has 0 aliphatic heterocycles. The predicted molar refractivity (Wildman–Crippen MR) is 85.8 cm³/mol. The van der Waals surface area contributed by atoms with Gasteiger partial charge < -0.3 is 10.4 Å². The summed E-state index contributed by atoms with van der Waals surface area (Å²) in [5, 5.41) is 16.3. The van der Waals surface area contributed by atoms with E-state index in [1.807, 2.05) is 12.1 Å². The van der Waals surface area contributed by atoms with Crippen LogP contribution in [0.1, 0.15) is 17.9 Å². The van der Waals surface area contributed by atoms with E-state index in [0.717, 1.165) is 5.56 Å². The first-order chi connectivity index (χ1) is 11.0. The number of hydrogen-bond donors (Lipinski definition) is 2. The van der Waals surface area contributed by atoms with Gasteiger partial charge in [0.25, 0.3) is 0 Å². The first-order valence-electron chi connectivity index (χ1n) is 6.95. The molecule has 0 unspecified atom stereocenters. The van der Waals surface area contributed by atoms with E-state index in [-0.39, 0.29) is 24.3 Å². The zero-order valence-electron chi connectivity index (χ0n) is 11.9. The normalized spacial score (nSPS) is 19.4. The Bertz CT molecular complexity index is 775. The van der Waals surface area contributed by atoms with Gasteiger partial charge in [-0.25, -0.2) is 0 Å². The van der Waals surface area contributed by atoms with Crippen LogP contribution in [0.15, 0.2) is 30.5 Å². The first-order valence-corrected chi connectivity index (χ1v) is 7.71. The Kier molecular flexibility index (Phi) is 4.28. The van der Waals surface area contributed by atoms with Crippen molar-refractivity contribution in [2.45, 2.75) is 18.9 Å². The lowest BCUT2D eigenvalue weighted by Gasteiger charge is -2.05. The van der Waals surface area contributed by atoms with E-state index in [1.165, 1.54) is 10.9 Å². The largest absolute Gasteiger partial charge is 0.480 e. The second-order valence-electron chi connectivity index (χ2n) is 5.37. The summed E-state index contributed by atoms with van der Waals surface area (Å²) in [7, 11) is 0. The van der Waals surface area contributed by atoms with Crippen LogP contribution in [0.2, 0.25) is 10.0 Å². The Morgan fingerprint density at radius 2 is 2.13 bits per heavy atom. The van der Waals surface area contributed by atoms with Crippen LogP contribution in [0.25, 0.3) is 0 Å². The third-order valence-corrected chi connectivity index (χ3v) is 4.53. The number of carbonyl (C=O) groups excluding carboxylic acids is 1. The molecule has 1 aliphatic rings. The minimum atomic E-state index is -0.996. The van der Waals surface area contributed by atoms with E-state index in [9.17, 15) is 9.59 Å². The standard InChI is InChI=1S/C15H13Cl2N3O3/c16-11-3-1-2-8(14(11)17)9-6-10(9)15(23)18-12-4-5-20(19-12)7-13(21)22/h1-5,9-10H,6-7H2,(H,21,22)(H,18,19,23)/t9-,10+/m0/s1. The summed E-state index contributed by atoms with van der Waals surface area (Å²) in [5.74, 6) is -0.965. The minimum Gasteiger partial charge on any atom is -0.480 e. The third-order valence-electron chi connectivity index (χ3n) is 3.70. The van der Waals surface area contributed by atoms with Crippen LogP contribution < -0.4 is 5.32 Å². The number of carboxylic acid groups (broad SMARTS) is 1. The van der Waals surface area contributed by atoms with Crippen LogP contribution in [0, 0.1) is 5.92 Å². The van der Waals surface area contributed by atoms with Gasteiger partial charge in [0.2, 0.25) is 5.91 Å². The fourth-order valence-electron chi connectivity index (χ4n) is 2.51. The minimum absolute atomic E-state index is 0.0438. The van der Waals surface area contributed by atoms with Gasteiger partial charge in [0.05, 0.1) is 10.0 Å². The Morgan fingerprint density at radius 3 is 2.87 bits per heavy atom. The summed E-state index contributed by atoms with van der Waals surface area (Å²) in [6, 6.07) is 6.95. The lowest BCUT2D eigenvalue weighted by molar-refractivity contribution is -0.137. The molecule has 1 saturated carbocycles. The van der Waals surface area contributed by atoms with E-state index >= 15 is 0 Å². The smallest absolute Gasteiger partial charge is 0.325 e. The van der Waals surface area contributed by atoms with Crippen LogP contribution in [0.4, 0.5) is 5.82 Å². The second kappa shape index (κ2) is 6.22. The van der Waals surface area contributed by atoms with Crippen LogP contribution in [-0.4, -0.2) is 26.8 Å². The van der Waals surface area contributed by atoms with Crippen LogP contribution in [0.5, 0.6) is 0 Å². The Balaban J connectivity index is 1.63. The molecule has 1 fully saturated rings.